The van der Waals surface area contributed by atoms with Gasteiger partial charge in [0.25, 0.3) is 0 Å². The van der Waals surface area contributed by atoms with Crippen molar-refractivity contribution in [2.24, 2.45) is 0 Å². The molecular weight excluding hydrogens is 273 g/mol. The highest BCUT2D eigenvalue weighted by molar-refractivity contribution is 14.1. The summed E-state index contributed by atoms with van der Waals surface area (Å²) in [5, 5.41) is 3.36. The third-order valence-corrected chi connectivity index (χ3v) is 2.86. The minimum atomic E-state index is 0.608. The molecule has 0 aliphatic heterocycles. The highest BCUT2D eigenvalue weighted by Gasteiger charge is 2.03. The lowest BCUT2D eigenvalue weighted by Gasteiger charge is -2.11. The van der Waals surface area contributed by atoms with Crippen molar-refractivity contribution in [3.63, 3.8) is 0 Å². The maximum Gasteiger partial charge on any atom is 0.0130 e. The molecule has 0 aromatic heterocycles. The first-order valence-electron chi connectivity index (χ1n) is 4.70. The number of hydrogen-bond acceptors (Lipinski definition) is 1. The molecule has 0 fully saturated rings. The topological polar surface area (TPSA) is 12.0 Å². The van der Waals surface area contributed by atoms with Crippen LogP contribution in [0.1, 0.15) is 25.3 Å². The Bertz CT molecular complexity index is 243. The molecule has 0 amide bonds. The van der Waals surface area contributed by atoms with E-state index in [0.717, 1.165) is 13.1 Å². The first kappa shape index (κ1) is 11.0. The molecule has 13 heavy (non-hydrogen) atoms. The van der Waals surface area contributed by atoms with Crippen molar-refractivity contribution in [3.8, 4) is 0 Å². The van der Waals surface area contributed by atoms with Gasteiger partial charge < -0.3 is 5.32 Å². The van der Waals surface area contributed by atoms with Gasteiger partial charge in [-0.2, -0.15) is 0 Å². The molecule has 1 unspecified atom stereocenters. The summed E-state index contributed by atoms with van der Waals surface area (Å²) in [5.74, 6) is 0.608. The van der Waals surface area contributed by atoms with Crippen LogP contribution in [-0.2, 0) is 0 Å². The Morgan fingerprint density at radius 3 is 2.46 bits per heavy atom. The highest BCUT2D eigenvalue weighted by Crippen LogP contribution is 2.15. The van der Waals surface area contributed by atoms with Crippen LogP contribution in [0.2, 0.25) is 0 Å². The van der Waals surface area contributed by atoms with E-state index < -0.39 is 0 Å². The van der Waals surface area contributed by atoms with Gasteiger partial charge in [-0.3, -0.25) is 0 Å². The summed E-state index contributed by atoms with van der Waals surface area (Å²) < 4.78 is 1.30. The van der Waals surface area contributed by atoms with Crippen LogP contribution in [0, 0.1) is 3.57 Å². The van der Waals surface area contributed by atoms with Crippen LogP contribution in [0.15, 0.2) is 24.3 Å². The van der Waals surface area contributed by atoms with Crippen LogP contribution >= 0.6 is 22.6 Å². The third kappa shape index (κ3) is 3.65. The zero-order chi connectivity index (χ0) is 9.68. The molecule has 1 aromatic rings. The number of likely N-dealkylation sites (N-methyl/N-ethyl adjacent to an activating group) is 1. The second-order valence-electron chi connectivity index (χ2n) is 3.26. The number of benzene rings is 1. The summed E-state index contributed by atoms with van der Waals surface area (Å²) in [5.41, 5.74) is 1.42. The monoisotopic (exact) mass is 289 g/mol. The van der Waals surface area contributed by atoms with E-state index in [1.54, 1.807) is 0 Å². The van der Waals surface area contributed by atoms with Gasteiger partial charge in [-0.25, -0.2) is 0 Å². The van der Waals surface area contributed by atoms with Crippen molar-refractivity contribution >= 4 is 22.6 Å². The fourth-order valence-electron chi connectivity index (χ4n) is 1.27. The smallest absolute Gasteiger partial charge is 0.0130 e. The van der Waals surface area contributed by atoms with Gasteiger partial charge in [0.15, 0.2) is 0 Å². The molecule has 0 aliphatic rings. The number of hydrogen-bond donors (Lipinski definition) is 1. The predicted octanol–water partition coefficient (Wildman–Crippen LogP) is 3.00. The molecule has 72 valence electrons. The minimum Gasteiger partial charge on any atom is -0.316 e. The fraction of sp³-hybridized carbons (Fsp3) is 0.455. The Labute approximate surface area is 94.1 Å². The normalized spacial score (nSPS) is 12.8. The van der Waals surface area contributed by atoms with E-state index in [1.807, 2.05) is 0 Å². The van der Waals surface area contributed by atoms with Gasteiger partial charge in [0.1, 0.15) is 0 Å². The second kappa shape index (κ2) is 5.60. The maximum atomic E-state index is 3.36. The van der Waals surface area contributed by atoms with Crippen LogP contribution in [-0.4, -0.2) is 13.1 Å². The van der Waals surface area contributed by atoms with Crippen molar-refractivity contribution in [2.75, 3.05) is 13.1 Å². The Morgan fingerprint density at radius 2 is 1.92 bits per heavy atom. The fourth-order valence-corrected chi connectivity index (χ4v) is 1.63. The summed E-state index contributed by atoms with van der Waals surface area (Å²) in [4.78, 5) is 0. The lowest BCUT2D eigenvalue weighted by Crippen LogP contribution is -2.19. The number of halogens is 1. The molecule has 0 bridgehead atoms. The standard InChI is InChI=1S/C11H16IN/c1-3-13-8-9(2)10-4-6-11(12)7-5-10/h4-7,9,13H,3,8H2,1-2H3. The Balaban J connectivity index is 2.55. The molecule has 0 heterocycles. The number of nitrogens with one attached hydrogen (secondary N) is 1. The van der Waals surface area contributed by atoms with Crippen molar-refractivity contribution < 1.29 is 0 Å². The van der Waals surface area contributed by atoms with Crippen LogP contribution in [0.3, 0.4) is 0 Å². The van der Waals surface area contributed by atoms with Crippen LogP contribution in [0.4, 0.5) is 0 Å². The molecule has 0 aliphatic carbocycles. The van der Waals surface area contributed by atoms with Crippen molar-refractivity contribution in [3.05, 3.63) is 33.4 Å². The molecule has 1 N–H and O–H groups in total. The molecule has 1 nitrogen and oxygen atoms in total. The van der Waals surface area contributed by atoms with E-state index in [1.165, 1.54) is 9.13 Å². The second-order valence-corrected chi connectivity index (χ2v) is 4.51. The van der Waals surface area contributed by atoms with Crippen molar-refractivity contribution in [2.45, 2.75) is 19.8 Å². The van der Waals surface area contributed by atoms with E-state index in [9.17, 15) is 0 Å². The molecule has 0 spiro atoms. The maximum absolute atomic E-state index is 3.36. The first-order chi connectivity index (χ1) is 6.24. The van der Waals surface area contributed by atoms with Crippen molar-refractivity contribution in [1.29, 1.82) is 0 Å². The summed E-state index contributed by atoms with van der Waals surface area (Å²) in [6.07, 6.45) is 0. The van der Waals surface area contributed by atoms with E-state index in [2.05, 4.69) is 66.0 Å². The quantitative estimate of drug-likeness (QED) is 0.840. The lowest BCUT2D eigenvalue weighted by atomic mass is 10.0. The minimum absolute atomic E-state index is 0.608. The Hall–Kier alpha value is -0.0900. The Morgan fingerprint density at radius 1 is 1.31 bits per heavy atom. The largest absolute Gasteiger partial charge is 0.316 e. The predicted molar refractivity (Wildman–Crippen MR) is 66.1 cm³/mol. The molecule has 0 saturated carbocycles. The van der Waals surface area contributed by atoms with Gasteiger partial charge in [-0.15, -0.1) is 0 Å². The summed E-state index contributed by atoms with van der Waals surface area (Å²) in [7, 11) is 0. The molecule has 0 saturated heterocycles. The summed E-state index contributed by atoms with van der Waals surface area (Å²) in [6.45, 7) is 6.51. The zero-order valence-corrected chi connectivity index (χ0v) is 10.3. The third-order valence-electron chi connectivity index (χ3n) is 2.14. The molecular formula is C11H16IN. The zero-order valence-electron chi connectivity index (χ0n) is 8.18. The van der Waals surface area contributed by atoms with E-state index in [0.29, 0.717) is 5.92 Å². The molecule has 1 aromatic carbocycles. The van der Waals surface area contributed by atoms with Gasteiger partial charge in [-0.05, 0) is 52.7 Å². The molecule has 2 heteroatoms. The van der Waals surface area contributed by atoms with Crippen LogP contribution in [0.25, 0.3) is 0 Å². The van der Waals surface area contributed by atoms with Crippen molar-refractivity contribution in [1.82, 2.24) is 5.32 Å². The van der Waals surface area contributed by atoms with Gasteiger partial charge >= 0.3 is 0 Å². The average Bonchev–Trinajstić information content (AvgIpc) is 2.15. The average molecular weight is 289 g/mol. The first-order valence-corrected chi connectivity index (χ1v) is 5.78. The van der Waals surface area contributed by atoms with E-state index in [4.69, 9.17) is 0 Å². The molecule has 0 radical (unpaired) electrons. The van der Waals surface area contributed by atoms with Gasteiger partial charge in [0, 0.05) is 10.1 Å². The van der Waals surface area contributed by atoms with Gasteiger partial charge in [-0.1, -0.05) is 26.0 Å². The van der Waals surface area contributed by atoms with E-state index >= 15 is 0 Å². The van der Waals surface area contributed by atoms with E-state index in [-0.39, 0.29) is 0 Å². The van der Waals surface area contributed by atoms with Crippen LogP contribution < -0.4 is 5.32 Å². The lowest BCUT2D eigenvalue weighted by molar-refractivity contribution is 0.635. The molecule has 1 atom stereocenters. The number of rotatable bonds is 4. The van der Waals surface area contributed by atoms with Gasteiger partial charge in [0.2, 0.25) is 0 Å². The summed E-state index contributed by atoms with van der Waals surface area (Å²) in [6, 6.07) is 8.75. The Kier molecular flexibility index (Phi) is 4.73. The van der Waals surface area contributed by atoms with Crippen LogP contribution in [0.5, 0.6) is 0 Å². The molecule has 1 rings (SSSR count). The highest BCUT2D eigenvalue weighted by atomic mass is 127. The van der Waals surface area contributed by atoms with Gasteiger partial charge in [0.05, 0.1) is 0 Å². The summed E-state index contributed by atoms with van der Waals surface area (Å²) >= 11 is 2.33. The SMILES string of the molecule is CCNCC(C)c1ccc(I)cc1.